The van der Waals surface area contributed by atoms with Gasteiger partial charge in [-0.1, -0.05) is 25.0 Å². The predicted molar refractivity (Wildman–Crippen MR) is 137 cm³/mol. The van der Waals surface area contributed by atoms with E-state index >= 15 is 0 Å². The number of aryl methyl sites for hydroxylation is 1. The molecule has 4 heterocycles. The maximum Gasteiger partial charge on any atom is 0.227 e. The molecule has 2 amide bonds. The summed E-state index contributed by atoms with van der Waals surface area (Å²) in [4.78, 5) is 34.9. The second kappa shape index (κ2) is 9.84. The average Bonchev–Trinajstić information content (AvgIpc) is 3.35. The lowest BCUT2D eigenvalue weighted by Gasteiger charge is -2.22. The maximum absolute atomic E-state index is 13.1. The highest BCUT2D eigenvalue weighted by molar-refractivity contribution is 5.97. The summed E-state index contributed by atoms with van der Waals surface area (Å²) in [5, 5.41) is 0. The number of amides is 2. The zero-order chi connectivity index (χ0) is 24.5. The Kier molecular flexibility index (Phi) is 6.25. The van der Waals surface area contributed by atoms with Crippen molar-refractivity contribution in [2.24, 2.45) is 0 Å². The fraction of sp³-hybridized carbons (Fsp3) is 0.464. The lowest BCUT2D eigenvalue weighted by Crippen LogP contribution is -2.32. The second-order valence-corrected chi connectivity index (χ2v) is 9.89. The van der Waals surface area contributed by atoms with Crippen molar-refractivity contribution in [3.05, 3.63) is 48.3 Å². The van der Waals surface area contributed by atoms with E-state index in [0.29, 0.717) is 50.6 Å². The molecule has 1 unspecified atom stereocenters. The molecule has 3 aliphatic heterocycles. The van der Waals surface area contributed by atoms with Gasteiger partial charge in [0.1, 0.15) is 19.0 Å². The predicted octanol–water partition coefficient (Wildman–Crippen LogP) is 4.12. The van der Waals surface area contributed by atoms with Crippen molar-refractivity contribution in [2.45, 2.75) is 51.0 Å². The van der Waals surface area contributed by atoms with Crippen molar-refractivity contribution >= 4 is 28.5 Å². The monoisotopic (exact) mass is 488 g/mol. The van der Waals surface area contributed by atoms with Gasteiger partial charge in [-0.25, -0.2) is 4.98 Å². The Balaban J connectivity index is 1.24. The topological polar surface area (TPSA) is 76.9 Å². The van der Waals surface area contributed by atoms with Gasteiger partial charge >= 0.3 is 0 Å². The summed E-state index contributed by atoms with van der Waals surface area (Å²) >= 11 is 0. The van der Waals surface area contributed by atoms with Crippen LogP contribution in [0.15, 0.2) is 42.5 Å². The quantitative estimate of drug-likeness (QED) is 0.540. The van der Waals surface area contributed by atoms with Gasteiger partial charge in [-0.2, -0.15) is 0 Å². The van der Waals surface area contributed by atoms with Gasteiger partial charge in [0.2, 0.25) is 11.8 Å². The normalized spacial score (nSPS) is 20.1. The third-order valence-electron chi connectivity index (χ3n) is 7.52. The molecule has 1 aromatic heterocycles. The summed E-state index contributed by atoms with van der Waals surface area (Å²) in [5.74, 6) is 2.50. The summed E-state index contributed by atoms with van der Waals surface area (Å²) in [6.07, 6.45) is 5.42. The minimum atomic E-state index is -0.0496. The number of benzene rings is 2. The number of nitrogens with zero attached hydrogens (tertiary/aromatic N) is 4. The first-order valence-electron chi connectivity index (χ1n) is 13.1. The molecule has 0 N–H and O–H groups in total. The number of para-hydroxylation sites is 2. The van der Waals surface area contributed by atoms with Crippen LogP contribution in [-0.4, -0.2) is 59.1 Å². The standard InChI is InChI=1S/C28H32N4O4/c33-26(30-12-5-1-2-6-13-30)11-14-31-23-8-4-3-7-22(23)29-28(31)20-17-27(34)32(19-20)21-9-10-24-25(18-21)36-16-15-35-24/h3-4,7-10,18,20H,1-2,5-6,11-17,19H2. The van der Waals surface area contributed by atoms with Crippen LogP contribution in [0.2, 0.25) is 0 Å². The number of carbonyl (C=O) groups is 2. The molecule has 0 radical (unpaired) electrons. The van der Waals surface area contributed by atoms with Gasteiger partial charge in [0, 0.05) is 56.7 Å². The van der Waals surface area contributed by atoms with E-state index in [1.807, 2.05) is 46.2 Å². The van der Waals surface area contributed by atoms with Crippen LogP contribution >= 0.6 is 0 Å². The van der Waals surface area contributed by atoms with Crippen LogP contribution < -0.4 is 14.4 Å². The Labute approximate surface area is 210 Å². The first-order chi connectivity index (χ1) is 17.7. The van der Waals surface area contributed by atoms with Crippen molar-refractivity contribution in [2.75, 3.05) is 37.7 Å². The van der Waals surface area contributed by atoms with Gasteiger partial charge in [-0.15, -0.1) is 0 Å². The lowest BCUT2D eigenvalue weighted by molar-refractivity contribution is -0.131. The first kappa shape index (κ1) is 22.9. The Bertz CT molecular complexity index is 1280. The molecular weight excluding hydrogens is 456 g/mol. The molecule has 8 nitrogen and oxygen atoms in total. The van der Waals surface area contributed by atoms with E-state index in [9.17, 15) is 9.59 Å². The number of hydrogen-bond acceptors (Lipinski definition) is 5. The Morgan fingerprint density at radius 1 is 0.972 bits per heavy atom. The second-order valence-electron chi connectivity index (χ2n) is 9.89. The molecule has 36 heavy (non-hydrogen) atoms. The molecule has 0 bridgehead atoms. The fourth-order valence-electron chi connectivity index (χ4n) is 5.66. The molecule has 1 atom stereocenters. The zero-order valence-electron chi connectivity index (χ0n) is 20.5. The van der Waals surface area contributed by atoms with E-state index in [1.54, 1.807) is 0 Å². The summed E-state index contributed by atoms with van der Waals surface area (Å²) in [5.41, 5.74) is 2.73. The van der Waals surface area contributed by atoms with Gasteiger partial charge in [0.15, 0.2) is 11.5 Å². The van der Waals surface area contributed by atoms with Crippen molar-refractivity contribution in [3.63, 3.8) is 0 Å². The van der Waals surface area contributed by atoms with Crippen molar-refractivity contribution in [1.29, 1.82) is 0 Å². The highest BCUT2D eigenvalue weighted by atomic mass is 16.6. The van der Waals surface area contributed by atoms with Crippen molar-refractivity contribution < 1.29 is 19.1 Å². The molecule has 0 aliphatic carbocycles. The number of carbonyl (C=O) groups excluding carboxylic acids is 2. The molecule has 8 heteroatoms. The number of imidazole rings is 1. The smallest absolute Gasteiger partial charge is 0.227 e. The Hall–Kier alpha value is -3.55. The molecule has 0 saturated carbocycles. The van der Waals surface area contributed by atoms with Crippen LogP contribution in [-0.2, 0) is 16.1 Å². The molecule has 3 aromatic rings. The number of rotatable bonds is 5. The van der Waals surface area contributed by atoms with Crippen LogP contribution in [0, 0.1) is 0 Å². The summed E-state index contributed by atoms with van der Waals surface area (Å²) < 4.78 is 13.5. The van der Waals surface area contributed by atoms with Crippen LogP contribution in [0.5, 0.6) is 11.5 Å². The number of aromatic nitrogens is 2. The van der Waals surface area contributed by atoms with Crippen molar-refractivity contribution in [3.8, 4) is 11.5 Å². The summed E-state index contributed by atoms with van der Waals surface area (Å²) in [6, 6.07) is 13.7. The highest BCUT2D eigenvalue weighted by Gasteiger charge is 2.35. The zero-order valence-corrected chi connectivity index (χ0v) is 20.5. The fourth-order valence-corrected chi connectivity index (χ4v) is 5.66. The minimum absolute atomic E-state index is 0.0496. The molecule has 6 rings (SSSR count). The van der Waals surface area contributed by atoms with E-state index < -0.39 is 0 Å². The van der Waals surface area contributed by atoms with E-state index in [1.165, 1.54) is 12.8 Å². The van der Waals surface area contributed by atoms with Crippen molar-refractivity contribution in [1.82, 2.24) is 14.5 Å². The SMILES string of the molecule is O=C(CCn1c(C2CC(=O)N(c3ccc4c(c3)OCCO4)C2)nc2ccccc21)N1CCCCCC1. The number of ether oxygens (including phenoxy) is 2. The van der Waals surface area contributed by atoms with Crippen LogP contribution in [0.3, 0.4) is 0 Å². The largest absolute Gasteiger partial charge is 0.486 e. The third kappa shape index (κ3) is 4.40. The Morgan fingerprint density at radius 2 is 1.75 bits per heavy atom. The first-order valence-corrected chi connectivity index (χ1v) is 13.1. The third-order valence-corrected chi connectivity index (χ3v) is 7.52. The van der Waals surface area contributed by atoms with E-state index in [0.717, 1.165) is 48.5 Å². The summed E-state index contributed by atoms with van der Waals surface area (Å²) in [6.45, 7) is 3.87. The molecule has 2 saturated heterocycles. The van der Waals surface area contributed by atoms with Gasteiger partial charge < -0.3 is 23.8 Å². The van der Waals surface area contributed by atoms with Gasteiger partial charge in [-0.3, -0.25) is 9.59 Å². The Morgan fingerprint density at radius 3 is 2.58 bits per heavy atom. The van der Waals surface area contributed by atoms with Gasteiger partial charge in [0.05, 0.1) is 11.0 Å². The molecule has 0 spiro atoms. The number of fused-ring (bicyclic) bond motifs is 2. The number of likely N-dealkylation sites (tertiary alicyclic amines) is 1. The van der Waals surface area contributed by atoms with E-state index in [-0.39, 0.29) is 17.7 Å². The van der Waals surface area contributed by atoms with Crippen LogP contribution in [0.1, 0.15) is 50.3 Å². The van der Waals surface area contributed by atoms with E-state index in [4.69, 9.17) is 14.5 Å². The number of hydrogen-bond donors (Lipinski definition) is 0. The maximum atomic E-state index is 13.1. The average molecular weight is 489 g/mol. The lowest BCUT2D eigenvalue weighted by atomic mass is 10.1. The van der Waals surface area contributed by atoms with Gasteiger partial charge in [-0.05, 0) is 37.1 Å². The summed E-state index contributed by atoms with van der Waals surface area (Å²) in [7, 11) is 0. The van der Waals surface area contributed by atoms with Crippen LogP contribution in [0.4, 0.5) is 5.69 Å². The molecule has 2 fully saturated rings. The molecule has 2 aromatic carbocycles. The molecular formula is C28H32N4O4. The van der Waals surface area contributed by atoms with Gasteiger partial charge in [0.25, 0.3) is 0 Å². The molecule has 3 aliphatic rings. The van der Waals surface area contributed by atoms with Crippen LogP contribution in [0.25, 0.3) is 11.0 Å². The number of anilines is 1. The van der Waals surface area contributed by atoms with E-state index in [2.05, 4.69) is 10.6 Å². The highest BCUT2D eigenvalue weighted by Crippen LogP contribution is 2.38. The minimum Gasteiger partial charge on any atom is -0.486 e. The molecule has 188 valence electrons.